The van der Waals surface area contributed by atoms with E-state index < -0.39 is 0 Å². The summed E-state index contributed by atoms with van der Waals surface area (Å²) in [7, 11) is 1.81. The van der Waals surface area contributed by atoms with E-state index in [4.69, 9.17) is 11.6 Å². The Morgan fingerprint density at radius 1 is 0.957 bits per heavy atom. The summed E-state index contributed by atoms with van der Waals surface area (Å²) >= 11 is 6.07. The molecule has 0 bridgehead atoms. The fraction of sp³-hybridized carbons (Fsp3) is 0.111. The van der Waals surface area contributed by atoms with Gasteiger partial charge in [-0.3, -0.25) is 0 Å². The van der Waals surface area contributed by atoms with Gasteiger partial charge in [-0.1, -0.05) is 41.9 Å². The van der Waals surface area contributed by atoms with E-state index in [-0.39, 0.29) is 0 Å². The summed E-state index contributed by atoms with van der Waals surface area (Å²) in [6, 6.07) is 17.7. The highest BCUT2D eigenvalue weighted by Crippen LogP contribution is 2.25. The van der Waals surface area contributed by atoms with Crippen LogP contribution < -0.4 is 10.6 Å². The molecule has 0 atom stereocenters. The highest BCUT2D eigenvalue weighted by molar-refractivity contribution is 6.31. The van der Waals surface area contributed by atoms with Crippen molar-refractivity contribution in [3.63, 3.8) is 0 Å². The topological polar surface area (TPSA) is 49.8 Å². The van der Waals surface area contributed by atoms with Crippen LogP contribution in [-0.2, 0) is 0 Å². The van der Waals surface area contributed by atoms with Gasteiger partial charge in [0.25, 0.3) is 0 Å². The van der Waals surface area contributed by atoms with Crippen LogP contribution in [0.25, 0.3) is 11.3 Å². The molecule has 0 unspecified atom stereocenters. The molecular formula is C18H17ClN4. The Balaban J connectivity index is 1.97. The molecular weight excluding hydrogens is 308 g/mol. The molecule has 4 nitrogen and oxygen atoms in total. The van der Waals surface area contributed by atoms with Crippen LogP contribution >= 0.6 is 11.6 Å². The van der Waals surface area contributed by atoms with Gasteiger partial charge in [0.15, 0.2) is 0 Å². The molecule has 0 spiro atoms. The van der Waals surface area contributed by atoms with Crippen molar-refractivity contribution in [3.05, 3.63) is 65.2 Å². The average Bonchev–Trinajstić information content (AvgIpc) is 2.58. The van der Waals surface area contributed by atoms with Crippen LogP contribution in [0, 0.1) is 6.92 Å². The molecule has 0 fully saturated rings. The standard InChI is InChI=1S/C18H17ClN4/c1-12-10-14(8-9-15(12)19)21-17-11-16(22-18(20-2)23-17)13-6-4-3-5-7-13/h3-11H,1-2H3,(H2,20,21,22,23). The van der Waals surface area contributed by atoms with Crippen LogP contribution in [0.4, 0.5) is 17.5 Å². The van der Waals surface area contributed by atoms with Gasteiger partial charge in [-0.2, -0.15) is 4.98 Å². The molecule has 5 heteroatoms. The van der Waals surface area contributed by atoms with Crippen molar-refractivity contribution in [2.45, 2.75) is 6.92 Å². The average molecular weight is 325 g/mol. The fourth-order valence-corrected chi connectivity index (χ4v) is 2.37. The van der Waals surface area contributed by atoms with E-state index in [0.717, 1.165) is 33.3 Å². The highest BCUT2D eigenvalue weighted by Gasteiger charge is 2.07. The van der Waals surface area contributed by atoms with E-state index >= 15 is 0 Å². The zero-order chi connectivity index (χ0) is 16.2. The first kappa shape index (κ1) is 15.3. The van der Waals surface area contributed by atoms with E-state index in [0.29, 0.717) is 5.95 Å². The first-order chi connectivity index (χ1) is 11.2. The zero-order valence-corrected chi connectivity index (χ0v) is 13.7. The van der Waals surface area contributed by atoms with Crippen LogP contribution in [0.15, 0.2) is 54.6 Å². The number of aryl methyl sites for hydroxylation is 1. The van der Waals surface area contributed by atoms with Crippen molar-refractivity contribution >= 4 is 29.1 Å². The molecule has 0 aliphatic carbocycles. The molecule has 116 valence electrons. The first-order valence-corrected chi connectivity index (χ1v) is 7.69. The number of halogens is 1. The van der Waals surface area contributed by atoms with Crippen LogP contribution in [0.1, 0.15) is 5.56 Å². The third-order valence-corrected chi connectivity index (χ3v) is 3.87. The lowest BCUT2D eigenvalue weighted by Gasteiger charge is -2.11. The van der Waals surface area contributed by atoms with Gasteiger partial charge in [-0.15, -0.1) is 0 Å². The number of rotatable bonds is 4. The smallest absolute Gasteiger partial charge is 0.224 e. The van der Waals surface area contributed by atoms with Crippen LogP contribution in [0.2, 0.25) is 5.02 Å². The molecule has 1 heterocycles. The predicted octanol–water partition coefficient (Wildman–Crippen LogP) is 4.89. The Bertz CT molecular complexity index is 819. The van der Waals surface area contributed by atoms with Crippen molar-refractivity contribution < 1.29 is 0 Å². The lowest BCUT2D eigenvalue weighted by molar-refractivity contribution is 1.15. The molecule has 1 aromatic heterocycles. The van der Waals surface area contributed by atoms with Crippen molar-refractivity contribution in [2.24, 2.45) is 0 Å². The lowest BCUT2D eigenvalue weighted by atomic mass is 10.1. The van der Waals surface area contributed by atoms with Gasteiger partial charge in [0.1, 0.15) is 5.82 Å². The maximum atomic E-state index is 6.07. The number of anilines is 3. The van der Waals surface area contributed by atoms with E-state index in [1.165, 1.54) is 0 Å². The molecule has 0 saturated heterocycles. The quantitative estimate of drug-likeness (QED) is 0.717. The second-order valence-corrected chi connectivity index (χ2v) is 5.57. The minimum Gasteiger partial charge on any atom is -0.357 e. The van der Waals surface area contributed by atoms with E-state index in [1.807, 2.05) is 61.5 Å². The van der Waals surface area contributed by atoms with Gasteiger partial charge in [-0.05, 0) is 30.7 Å². The molecule has 2 aromatic carbocycles. The van der Waals surface area contributed by atoms with Gasteiger partial charge in [0.2, 0.25) is 5.95 Å². The van der Waals surface area contributed by atoms with Crippen molar-refractivity contribution in [3.8, 4) is 11.3 Å². The van der Waals surface area contributed by atoms with E-state index in [1.54, 1.807) is 7.05 Å². The number of benzene rings is 2. The van der Waals surface area contributed by atoms with Gasteiger partial charge in [0, 0.05) is 29.4 Å². The summed E-state index contributed by atoms with van der Waals surface area (Å²) in [4.78, 5) is 8.97. The molecule has 0 amide bonds. The zero-order valence-electron chi connectivity index (χ0n) is 13.0. The van der Waals surface area contributed by atoms with E-state index in [9.17, 15) is 0 Å². The normalized spacial score (nSPS) is 10.4. The maximum Gasteiger partial charge on any atom is 0.224 e. The molecule has 0 radical (unpaired) electrons. The Morgan fingerprint density at radius 3 is 2.43 bits per heavy atom. The molecule has 0 aliphatic heterocycles. The van der Waals surface area contributed by atoms with Gasteiger partial charge in [-0.25, -0.2) is 4.98 Å². The number of aromatic nitrogens is 2. The minimum absolute atomic E-state index is 0.569. The largest absolute Gasteiger partial charge is 0.357 e. The second kappa shape index (κ2) is 6.67. The Kier molecular flexibility index (Phi) is 4.44. The minimum atomic E-state index is 0.569. The highest BCUT2D eigenvalue weighted by atomic mass is 35.5. The van der Waals surface area contributed by atoms with Crippen LogP contribution in [0.5, 0.6) is 0 Å². The lowest BCUT2D eigenvalue weighted by Crippen LogP contribution is -2.02. The number of nitrogens with one attached hydrogen (secondary N) is 2. The van der Waals surface area contributed by atoms with E-state index in [2.05, 4.69) is 20.6 Å². The summed E-state index contributed by atoms with van der Waals surface area (Å²) < 4.78 is 0. The SMILES string of the molecule is CNc1nc(Nc2ccc(Cl)c(C)c2)cc(-c2ccccc2)n1. The van der Waals surface area contributed by atoms with Crippen molar-refractivity contribution in [1.82, 2.24) is 9.97 Å². The maximum absolute atomic E-state index is 6.07. The van der Waals surface area contributed by atoms with Gasteiger partial charge < -0.3 is 10.6 Å². The summed E-state index contributed by atoms with van der Waals surface area (Å²) in [5, 5.41) is 7.06. The summed E-state index contributed by atoms with van der Waals surface area (Å²) in [5.41, 5.74) is 3.86. The molecule has 2 N–H and O–H groups in total. The van der Waals surface area contributed by atoms with Gasteiger partial charge in [0.05, 0.1) is 5.69 Å². The molecule has 0 saturated carbocycles. The predicted molar refractivity (Wildman–Crippen MR) is 96.5 cm³/mol. The number of hydrogen-bond acceptors (Lipinski definition) is 4. The number of nitrogens with zero attached hydrogens (tertiary/aromatic N) is 2. The Labute approximate surface area is 140 Å². The van der Waals surface area contributed by atoms with Crippen molar-refractivity contribution in [1.29, 1.82) is 0 Å². The first-order valence-electron chi connectivity index (χ1n) is 7.31. The van der Waals surface area contributed by atoms with Crippen LogP contribution in [0.3, 0.4) is 0 Å². The molecule has 23 heavy (non-hydrogen) atoms. The monoisotopic (exact) mass is 324 g/mol. The summed E-state index contributed by atoms with van der Waals surface area (Å²) in [6.45, 7) is 1.97. The van der Waals surface area contributed by atoms with Crippen molar-refractivity contribution in [2.75, 3.05) is 17.7 Å². The summed E-state index contributed by atoms with van der Waals surface area (Å²) in [6.07, 6.45) is 0. The van der Waals surface area contributed by atoms with Crippen LogP contribution in [-0.4, -0.2) is 17.0 Å². The molecule has 3 rings (SSSR count). The third-order valence-electron chi connectivity index (χ3n) is 3.45. The molecule has 3 aromatic rings. The Hall–Kier alpha value is -2.59. The summed E-state index contributed by atoms with van der Waals surface area (Å²) in [5.74, 6) is 1.30. The second-order valence-electron chi connectivity index (χ2n) is 5.17. The Morgan fingerprint density at radius 2 is 1.74 bits per heavy atom. The van der Waals surface area contributed by atoms with Gasteiger partial charge >= 0.3 is 0 Å². The number of hydrogen-bond donors (Lipinski definition) is 2. The third kappa shape index (κ3) is 3.60. The molecule has 0 aliphatic rings. The fourth-order valence-electron chi connectivity index (χ4n) is 2.25.